The molecule has 3 aromatic rings. The van der Waals surface area contributed by atoms with Gasteiger partial charge in [0.2, 0.25) is 0 Å². The molecule has 0 atom stereocenters. The average Bonchev–Trinajstić information content (AvgIpc) is 2.68. The highest BCUT2D eigenvalue weighted by atomic mass is 16.5. The standard InChI is InChI=1S/C23H22N2O2/c1-17-9-10-18(2)22(14-17)27-16-23(26)25-21-8-5-6-19(15-21)11-12-20-7-3-4-13-24-20/h3-15H,16H2,1-2H3,(H,25,26)/b12-11+. The molecule has 4 nitrogen and oxygen atoms in total. The number of carbonyl (C=O) groups is 1. The lowest BCUT2D eigenvalue weighted by Gasteiger charge is -2.10. The molecule has 2 aromatic carbocycles. The summed E-state index contributed by atoms with van der Waals surface area (Å²) in [6.45, 7) is 3.93. The highest BCUT2D eigenvalue weighted by molar-refractivity contribution is 5.92. The Hall–Kier alpha value is -3.40. The third-order valence-corrected chi connectivity index (χ3v) is 4.01. The summed E-state index contributed by atoms with van der Waals surface area (Å²) in [5, 5.41) is 2.87. The summed E-state index contributed by atoms with van der Waals surface area (Å²) in [6, 6.07) is 19.3. The second-order valence-corrected chi connectivity index (χ2v) is 6.32. The molecular formula is C23H22N2O2. The van der Waals surface area contributed by atoms with Crippen molar-refractivity contribution < 1.29 is 9.53 Å². The molecule has 0 saturated carbocycles. The zero-order valence-electron chi connectivity index (χ0n) is 15.5. The van der Waals surface area contributed by atoms with Crippen molar-refractivity contribution in [3.8, 4) is 5.75 Å². The quantitative estimate of drug-likeness (QED) is 0.683. The van der Waals surface area contributed by atoms with Gasteiger partial charge in [-0.3, -0.25) is 9.78 Å². The minimum atomic E-state index is -0.193. The van der Waals surface area contributed by atoms with Gasteiger partial charge in [0.25, 0.3) is 5.91 Å². The highest BCUT2D eigenvalue weighted by Crippen LogP contribution is 2.19. The SMILES string of the molecule is Cc1ccc(C)c(OCC(=O)Nc2cccc(/C=C/c3ccccn3)c2)c1. The van der Waals surface area contributed by atoms with Crippen molar-refractivity contribution in [1.29, 1.82) is 0 Å². The first-order valence-electron chi connectivity index (χ1n) is 8.79. The first-order valence-corrected chi connectivity index (χ1v) is 8.79. The van der Waals surface area contributed by atoms with Gasteiger partial charge in [-0.2, -0.15) is 0 Å². The number of amides is 1. The lowest BCUT2D eigenvalue weighted by Crippen LogP contribution is -2.20. The van der Waals surface area contributed by atoms with Crippen molar-refractivity contribution in [3.63, 3.8) is 0 Å². The van der Waals surface area contributed by atoms with E-state index in [1.54, 1.807) is 6.20 Å². The third-order valence-electron chi connectivity index (χ3n) is 4.01. The van der Waals surface area contributed by atoms with Crippen LogP contribution in [0.1, 0.15) is 22.4 Å². The number of anilines is 1. The molecule has 4 heteroatoms. The molecule has 0 aliphatic carbocycles. The summed E-state index contributed by atoms with van der Waals surface area (Å²) in [5.41, 5.74) is 4.70. The van der Waals surface area contributed by atoms with Crippen LogP contribution < -0.4 is 10.1 Å². The molecule has 0 bridgehead atoms. The molecule has 3 rings (SSSR count). The van der Waals surface area contributed by atoms with E-state index in [2.05, 4.69) is 10.3 Å². The fourth-order valence-electron chi connectivity index (χ4n) is 2.58. The van der Waals surface area contributed by atoms with E-state index in [-0.39, 0.29) is 12.5 Å². The van der Waals surface area contributed by atoms with Gasteiger partial charge in [0, 0.05) is 11.9 Å². The van der Waals surface area contributed by atoms with Crippen LogP contribution in [0.2, 0.25) is 0 Å². The first kappa shape index (κ1) is 18.4. The van der Waals surface area contributed by atoms with Crippen molar-refractivity contribution in [2.24, 2.45) is 0 Å². The Morgan fingerprint density at radius 3 is 2.74 bits per heavy atom. The lowest BCUT2D eigenvalue weighted by atomic mass is 10.1. The van der Waals surface area contributed by atoms with Crippen LogP contribution in [0, 0.1) is 13.8 Å². The maximum Gasteiger partial charge on any atom is 0.262 e. The van der Waals surface area contributed by atoms with Crippen LogP contribution in [-0.2, 0) is 4.79 Å². The monoisotopic (exact) mass is 358 g/mol. The minimum Gasteiger partial charge on any atom is -0.483 e. The average molecular weight is 358 g/mol. The maximum atomic E-state index is 12.2. The van der Waals surface area contributed by atoms with Crippen molar-refractivity contribution in [2.45, 2.75) is 13.8 Å². The lowest BCUT2D eigenvalue weighted by molar-refractivity contribution is -0.118. The number of nitrogens with zero attached hydrogens (tertiary/aromatic N) is 1. The minimum absolute atomic E-state index is 0.0295. The summed E-state index contributed by atoms with van der Waals surface area (Å²) in [5.74, 6) is 0.541. The Kier molecular flexibility index (Phi) is 6.00. The molecule has 27 heavy (non-hydrogen) atoms. The van der Waals surface area contributed by atoms with Gasteiger partial charge >= 0.3 is 0 Å². The summed E-state index contributed by atoms with van der Waals surface area (Å²) in [6.07, 6.45) is 5.65. The molecule has 1 amide bonds. The molecule has 0 saturated heterocycles. The Balaban J connectivity index is 1.59. The number of ether oxygens (including phenoxy) is 1. The number of aromatic nitrogens is 1. The van der Waals surface area contributed by atoms with Crippen LogP contribution in [-0.4, -0.2) is 17.5 Å². The fourth-order valence-corrected chi connectivity index (χ4v) is 2.58. The Morgan fingerprint density at radius 2 is 1.93 bits per heavy atom. The van der Waals surface area contributed by atoms with Gasteiger partial charge in [-0.05, 0) is 66.9 Å². The topological polar surface area (TPSA) is 51.2 Å². The van der Waals surface area contributed by atoms with Gasteiger partial charge in [-0.15, -0.1) is 0 Å². The first-order chi connectivity index (χ1) is 13.1. The van der Waals surface area contributed by atoms with Crippen LogP contribution in [0.15, 0.2) is 66.9 Å². The van der Waals surface area contributed by atoms with E-state index in [0.717, 1.165) is 33.8 Å². The molecule has 0 aliphatic rings. The zero-order valence-corrected chi connectivity index (χ0v) is 15.5. The van der Waals surface area contributed by atoms with E-state index in [9.17, 15) is 4.79 Å². The van der Waals surface area contributed by atoms with Crippen LogP contribution in [0.5, 0.6) is 5.75 Å². The largest absolute Gasteiger partial charge is 0.483 e. The summed E-state index contributed by atoms with van der Waals surface area (Å²) >= 11 is 0. The van der Waals surface area contributed by atoms with E-state index in [4.69, 9.17) is 4.74 Å². The van der Waals surface area contributed by atoms with Crippen molar-refractivity contribution >= 4 is 23.7 Å². The smallest absolute Gasteiger partial charge is 0.262 e. The van der Waals surface area contributed by atoms with Crippen molar-refractivity contribution in [2.75, 3.05) is 11.9 Å². The molecule has 0 fully saturated rings. The van der Waals surface area contributed by atoms with E-state index in [1.165, 1.54) is 0 Å². The predicted octanol–water partition coefficient (Wildman–Crippen LogP) is 4.89. The predicted molar refractivity (Wildman–Crippen MR) is 110 cm³/mol. The molecule has 0 radical (unpaired) electrons. The number of aryl methyl sites for hydroxylation is 2. The molecule has 0 spiro atoms. The number of hydrogen-bond acceptors (Lipinski definition) is 3. The van der Waals surface area contributed by atoms with Crippen LogP contribution in [0.4, 0.5) is 5.69 Å². The Labute approximate surface area is 159 Å². The van der Waals surface area contributed by atoms with Gasteiger partial charge in [-0.1, -0.05) is 36.4 Å². The van der Waals surface area contributed by atoms with Crippen LogP contribution in [0.3, 0.4) is 0 Å². The number of hydrogen-bond donors (Lipinski definition) is 1. The molecule has 1 heterocycles. The number of benzene rings is 2. The second-order valence-electron chi connectivity index (χ2n) is 6.32. The number of rotatable bonds is 6. The normalized spacial score (nSPS) is 10.7. The number of pyridine rings is 1. The summed E-state index contributed by atoms with van der Waals surface area (Å²) in [7, 11) is 0. The van der Waals surface area contributed by atoms with Crippen molar-refractivity contribution in [1.82, 2.24) is 4.98 Å². The Morgan fingerprint density at radius 1 is 1.04 bits per heavy atom. The van der Waals surface area contributed by atoms with E-state index >= 15 is 0 Å². The maximum absolute atomic E-state index is 12.2. The van der Waals surface area contributed by atoms with E-state index in [1.807, 2.05) is 86.7 Å². The third kappa shape index (κ3) is 5.54. The highest BCUT2D eigenvalue weighted by Gasteiger charge is 2.06. The zero-order chi connectivity index (χ0) is 19.1. The molecule has 0 aliphatic heterocycles. The van der Waals surface area contributed by atoms with E-state index in [0.29, 0.717) is 0 Å². The summed E-state index contributed by atoms with van der Waals surface area (Å²) < 4.78 is 5.65. The van der Waals surface area contributed by atoms with Gasteiger partial charge in [0.1, 0.15) is 5.75 Å². The van der Waals surface area contributed by atoms with E-state index < -0.39 is 0 Å². The Bertz CT molecular complexity index is 950. The van der Waals surface area contributed by atoms with Crippen LogP contribution >= 0.6 is 0 Å². The van der Waals surface area contributed by atoms with Crippen molar-refractivity contribution in [3.05, 3.63) is 89.2 Å². The molecule has 1 aromatic heterocycles. The fraction of sp³-hybridized carbons (Fsp3) is 0.130. The van der Waals surface area contributed by atoms with Gasteiger partial charge in [0.15, 0.2) is 6.61 Å². The molecule has 1 N–H and O–H groups in total. The van der Waals surface area contributed by atoms with Crippen LogP contribution in [0.25, 0.3) is 12.2 Å². The second kappa shape index (κ2) is 8.81. The van der Waals surface area contributed by atoms with Gasteiger partial charge < -0.3 is 10.1 Å². The van der Waals surface area contributed by atoms with Gasteiger partial charge in [0.05, 0.1) is 5.69 Å². The number of nitrogens with one attached hydrogen (secondary N) is 1. The molecule has 136 valence electrons. The summed E-state index contributed by atoms with van der Waals surface area (Å²) in [4.78, 5) is 16.5. The molecule has 0 unspecified atom stereocenters. The molecular weight excluding hydrogens is 336 g/mol. The van der Waals surface area contributed by atoms with Gasteiger partial charge in [-0.25, -0.2) is 0 Å². The number of carbonyl (C=O) groups excluding carboxylic acids is 1.